The average Bonchev–Trinajstić information content (AvgIpc) is 3.12. The Labute approximate surface area is 160 Å². The molecule has 0 radical (unpaired) electrons. The maximum Gasteiger partial charge on any atom is 0.205 e. The van der Waals surface area contributed by atoms with Crippen molar-refractivity contribution in [2.75, 3.05) is 18.3 Å². The first-order chi connectivity index (χ1) is 13.2. The van der Waals surface area contributed by atoms with Crippen LogP contribution in [0.4, 0.5) is 10.9 Å². The number of thiazole rings is 1. The molecule has 2 aromatic carbocycles. The van der Waals surface area contributed by atoms with Crippen molar-refractivity contribution in [2.24, 2.45) is 5.10 Å². The van der Waals surface area contributed by atoms with E-state index in [9.17, 15) is 0 Å². The van der Waals surface area contributed by atoms with Crippen LogP contribution in [0.1, 0.15) is 16.7 Å². The molecule has 0 fully saturated rings. The monoisotopic (exact) mass is 379 g/mol. The third-order valence-electron chi connectivity index (χ3n) is 3.60. The number of ether oxygens (including phenoxy) is 2. The van der Waals surface area contributed by atoms with E-state index in [0.717, 1.165) is 11.1 Å². The fourth-order valence-electron chi connectivity index (χ4n) is 2.29. The number of nitrogen functional groups attached to an aromatic ring is 1. The molecule has 0 aliphatic rings. The lowest BCUT2D eigenvalue weighted by Crippen LogP contribution is -2.00. The van der Waals surface area contributed by atoms with Crippen molar-refractivity contribution in [3.63, 3.8) is 0 Å². The molecule has 0 aliphatic carbocycles. The molecule has 1 aromatic heterocycles. The van der Waals surface area contributed by atoms with E-state index in [0.29, 0.717) is 28.0 Å². The standard InChI is InChI=1S/C19H17N5O2S/c1-25-17-8-13(10-22-24-19-23-18(21)12-27-19)6-7-16(17)26-11-15-5-3-2-4-14(15)9-20/h2-8,10,12H,11,21H2,1H3,(H,23,24). The van der Waals surface area contributed by atoms with E-state index in [1.807, 2.05) is 30.3 Å². The summed E-state index contributed by atoms with van der Waals surface area (Å²) < 4.78 is 11.2. The van der Waals surface area contributed by atoms with Crippen molar-refractivity contribution in [2.45, 2.75) is 6.61 Å². The van der Waals surface area contributed by atoms with Gasteiger partial charge in [0.2, 0.25) is 5.13 Å². The van der Waals surface area contributed by atoms with Crippen LogP contribution in [0.25, 0.3) is 0 Å². The minimum atomic E-state index is 0.278. The van der Waals surface area contributed by atoms with Crippen LogP contribution in [0.5, 0.6) is 11.5 Å². The number of hydrogen-bond donors (Lipinski definition) is 2. The molecule has 0 atom stereocenters. The molecule has 0 saturated carbocycles. The predicted octanol–water partition coefficient (Wildman–Crippen LogP) is 3.63. The Hall–Kier alpha value is -3.57. The second-order valence-electron chi connectivity index (χ2n) is 5.42. The number of hydrogen-bond acceptors (Lipinski definition) is 8. The van der Waals surface area contributed by atoms with Crippen molar-refractivity contribution in [1.82, 2.24) is 4.98 Å². The summed E-state index contributed by atoms with van der Waals surface area (Å²) in [6.07, 6.45) is 1.65. The largest absolute Gasteiger partial charge is 0.493 e. The summed E-state index contributed by atoms with van der Waals surface area (Å²) in [5, 5.41) is 15.6. The Morgan fingerprint density at radius 1 is 1.30 bits per heavy atom. The van der Waals surface area contributed by atoms with Crippen LogP contribution in [0.2, 0.25) is 0 Å². The molecule has 7 nitrogen and oxygen atoms in total. The van der Waals surface area contributed by atoms with E-state index in [4.69, 9.17) is 20.5 Å². The first-order valence-electron chi connectivity index (χ1n) is 7.98. The Morgan fingerprint density at radius 3 is 2.89 bits per heavy atom. The molecule has 3 rings (SSSR count). The number of nitrogens with zero attached hydrogens (tertiary/aromatic N) is 3. The van der Waals surface area contributed by atoms with Crippen LogP contribution < -0.4 is 20.6 Å². The molecule has 1 heterocycles. The van der Waals surface area contributed by atoms with Gasteiger partial charge in [0.15, 0.2) is 11.5 Å². The summed E-state index contributed by atoms with van der Waals surface area (Å²) in [7, 11) is 1.57. The Balaban J connectivity index is 1.67. The summed E-state index contributed by atoms with van der Waals surface area (Å²) in [5.74, 6) is 1.62. The highest BCUT2D eigenvalue weighted by atomic mass is 32.1. The van der Waals surface area contributed by atoms with Crippen molar-refractivity contribution in [1.29, 1.82) is 5.26 Å². The second-order valence-corrected chi connectivity index (χ2v) is 6.27. The summed E-state index contributed by atoms with van der Waals surface area (Å²) in [5.41, 5.74) is 10.6. The quantitative estimate of drug-likeness (QED) is 0.480. The van der Waals surface area contributed by atoms with Gasteiger partial charge in [0.25, 0.3) is 0 Å². The topological polar surface area (TPSA) is 106 Å². The molecule has 0 spiro atoms. The smallest absolute Gasteiger partial charge is 0.205 e. The lowest BCUT2D eigenvalue weighted by Gasteiger charge is -2.12. The van der Waals surface area contributed by atoms with Crippen LogP contribution >= 0.6 is 11.3 Å². The Morgan fingerprint density at radius 2 is 2.15 bits per heavy atom. The molecule has 8 heteroatoms. The number of methoxy groups -OCH3 is 1. The van der Waals surface area contributed by atoms with Gasteiger partial charge in [0, 0.05) is 10.9 Å². The fourth-order valence-corrected chi connectivity index (χ4v) is 2.84. The van der Waals surface area contributed by atoms with Crippen LogP contribution in [0, 0.1) is 11.3 Å². The molecule has 27 heavy (non-hydrogen) atoms. The van der Waals surface area contributed by atoms with Crippen LogP contribution in [0.3, 0.4) is 0 Å². The zero-order chi connectivity index (χ0) is 19.1. The molecule has 3 N–H and O–H groups in total. The van der Waals surface area contributed by atoms with Crippen molar-refractivity contribution in [3.05, 3.63) is 64.5 Å². The summed E-state index contributed by atoms with van der Waals surface area (Å²) in [4.78, 5) is 4.06. The van der Waals surface area contributed by atoms with Gasteiger partial charge in [-0.15, -0.1) is 11.3 Å². The first kappa shape index (κ1) is 18.2. The van der Waals surface area contributed by atoms with E-state index < -0.39 is 0 Å². The molecule has 0 saturated heterocycles. The van der Waals surface area contributed by atoms with Gasteiger partial charge >= 0.3 is 0 Å². The number of nitrogens with two attached hydrogens (primary N) is 1. The van der Waals surface area contributed by atoms with Gasteiger partial charge < -0.3 is 15.2 Å². The number of rotatable bonds is 7. The lowest BCUT2D eigenvalue weighted by atomic mass is 10.1. The number of aromatic nitrogens is 1. The third-order valence-corrected chi connectivity index (χ3v) is 4.37. The summed E-state index contributed by atoms with van der Waals surface area (Å²) >= 11 is 1.37. The zero-order valence-electron chi connectivity index (χ0n) is 14.5. The molecule has 136 valence electrons. The SMILES string of the molecule is COc1cc(C=NNc2nc(N)cs2)ccc1OCc1ccccc1C#N. The number of benzene rings is 2. The third kappa shape index (κ3) is 4.74. The number of nitriles is 1. The van der Waals surface area contributed by atoms with E-state index in [1.54, 1.807) is 30.8 Å². The number of anilines is 2. The lowest BCUT2D eigenvalue weighted by molar-refractivity contribution is 0.284. The van der Waals surface area contributed by atoms with Gasteiger partial charge in [0.05, 0.1) is 25.0 Å². The van der Waals surface area contributed by atoms with Gasteiger partial charge in [-0.3, -0.25) is 5.43 Å². The molecule has 0 amide bonds. The Kier molecular flexibility index (Phi) is 5.87. The Bertz CT molecular complexity index is 994. The zero-order valence-corrected chi connectivity index (χ0v) is 15.4. The molecule has 0 aliphatic heterocycles. The minimum Gasteiger partial charge on any atom is -0.493 e. The van der Waals surface area contributed by atoms with Gasteiger partial charge in [-0.1, -0.05) is 18.2 Å². The molecule has 0 bridgehead atoms. The predicted molar refractivity (Wildman–Crippen MR) is 106 cm³/mol. The highest BCUT2D eigenvalue weighted by Crippen LogP contribution is 2.28. The van der Waals surface area contributed by atoms with Crippen molar-refractivity contribution >= 4 is 28.5 Å². The molecular weight excluding hydrogens is 362 g/mol. The van der Waals surface area contributed by atoms with Crippen LogP contribution in [0.15, 0.2) is 52.9 Å². The van der Waals surface area contributed by atoms with Crippen molar-refractivity contribution in [3.8, 4) is 17.6 Å². The molecule has 3 aromatic rings. The average molecular weight is 379 g/mol. The number of nitrogens with one attached hydrogen (secondary N) is 1. The fraction of sp³-hybridized carbons (Fsp3) is 0.105. The number of hydrazone groups is 1. The van der Waals surface area contributed by atoms with Crippen LogP contribution in [-0.2, 0) is 6.61 Å². The van der Waals surface area contributed by atoms with Gasteiger partial charge in [-0.05, 0) is 29.8 Å². The highest BCUT2D eigenvalue weighted by molar-refractivity contribution is 7.14. The van der Waals surface area contributed by atoms with E-state index in [-0.39, 0.29) is 6.61 Å². The second kappa shape index (κ2) is 8.69. The minimum absolute atomic E-state index is 0.278. The summed E-state index contributed by atoms with van der Waals surface area (Å²) in [6, 6.07) is 15.0. The maximum atomic E-state index is 9.16. The van der Waals surface area contributed by atoms with Gasteiger partial charge in [0.1, 0.15) is 12.4 Å². The summed E-state index contributed by atoms with van der Waals surface area (Å²) in [6.45, 7) is 0.278. The normalized spacial score (nSPS) is 10.5. The highest BCUT2D eigenvalue weighted by Gasteiger charge is 2.07. The van der Waals surface area contributed by atoms with Gasteiger partial charge in [-0.25, -0.2) is 4.98 Å². The van der Waals surface area contributed by atoms with Crippen molar-refractivity contribution < 1.29 is 9.47 Å². The van der Waals surface area contributed by atoms with E-state index >= 15 is 0 Å². The molecule has 0 unspecified atom stereocenters. The van der Waals surface area contributed by atoms with Crippen LogP contribution in [-0.4, -0.2) is 18.3 Å². The first-order valence-corrected chi connectivity index (χ1v) is 8.86. The molecular formula is C19H17N5O2S. The maximum absolute atomic E-state index is 9.16. The van der Waals surface area contributed by atoms with Gasteiger partial charge in [-0.2, -0.15) is 10.4 Å². The van der Waals surface area contributed by atoms with E-state index in [2.05, 4.69) is 21.6 Å². The van der Waals surface area contributed by atoms with E-state index in [1.165, 1.54) is 11.3 Å².